The van der Waals surface area contributed by atoms with E-state index in [0.29, 0.717) is 10.6 Å². The third kappa shape index (κ3) is 3.69. The molecule has 3 rings (SSSR count). The van der Waals surface area contributed by atoms with Crippen LogP contribution in [-0.4, -0.2) is 16.0 Å². The Hall–Kier alpha value is -2.50. The first-order valence-electron chi connectivity index (χ1n) is 7.63. The van der Waals surface area contributed by atoms with Crippen molar-refractivity contribution in [3.05, 3.63) is 71.7 Å². The van der Waals surface area contributed by atoms with E-state index in [9.17, 15) is 9.90 Å². The number of thiazole rings is 1. The summed E-state index contributed by atoms with van der Waals surface area (Å²) in [4.78, 5) is 16.7. The van der Waals surface area contributed by atoms with Crippen molar-refractivity contribution < 1.29 is 9.90 Å². The Labute approximate surface area is 144 Å². The predicted molar refractivity (Wildman–Crippen MR) is 96.8 cm³/mol. The summed E-state index contributed by atoms with van der Waals surface area (Å²) < 4.78 is 0. The first-order chi connectivity index (χ1) is 11.6. The van der Waals surface area contributed by atoms with E-state index >= 15 is 0 Å². The topological polar surface area (TPSA) is 62.2 Å². The lowest BCUT2D eigenvalue weighted by Crippen LogP contribution is -2.28. The summed E-state index contributed by atoms with van der Waals surface area (Å²) in [6.07, 6.45) is -0.0247. The average molecular weight is 338 g/mol. The lowest BCUT2D eigenvalue weighted by atomic mass is 9.92. The molecule has 0 aliphatic rings. The highest BCUT2D eigenvalue weighted by molar-refractivity contribution is 7.14. The second kappa shape index (κ2) is 6.95. The Kier molecular flexibility index (Phi) is 4.74. The molecule has 0 spiro atoms. The zero-order valence-electron chi connectivity index (χ0n) is 13.3. The van der Waals surface area contributed by atoms with Crippen LogP contribution in [0.1, 0.15) is 18.9 Å². The van der Waals surface area contributed by atoms with E-state index in [4.69, 9.17) is 0 Å². The van der Waals surface area contributed by atoms with Gasteiger partial charge in [0.15, 0.2) is 0 Å². The molecule has 5 heteroatoms. The number of hydrogen-bond acceptors (Lipinski definition) is 4. The summed E-state index contributed by atoms with van der Waals surface area (Å²) in [5.74, 6) is -0.245. The van der Waals surface area contributed by atoms with Crippen LogP contribution in [-0.2, 0) is 10.4 Å². The summed E-state index contributed by atoms with van der Waals surface area (Å²) in [7, 11) is 0. The Morgan fingerprint density at radius 3 is 2.42 bits per heavy atom. The normalized spacial score (nSPS) is 13.2. The van der Waals surface area contributed by atoms with Crippen molar-refractivity contribution in [2.75, 3.05) is 5.32 Å². The van der Waals surface area contributed by atoms with Gasteiger partial charge in [0.05, 0.1) is 17.5 Å². The molecule has 1 amide bonds. The average Bonchev–Trinajstić information content (AvgIpc) is 3.04. The zero-order chi connectivity index (χ0) is 17.0. The van der Waals surface area contributed by atoms with Crippen molar-refractivity contribution in [2.45, 2.75) is 18.9 Å². The molecule has 0 fully saturated rings. The molecule has 2 aromatic carbocycles. The quantitative estimate of drug-likeness (QED) is 0.738. The Bertz CT molecular complexity index is 814. The van der Waals surface area contributed by atoms with Crippen molar-refractivity contribution in [3.8, 4) is 11.3 Å². The molecule has 3 aromatic rings. The van der Waals surface area contributed by atoms with E-state index in [-0.39, 0.29) is 12.3 Å². The van der Waals surface area contributed by atoms with E-state index in [1.165, 1.54) is 11.3 Å². The fourth-order valence-corrected chi connectivity index (χ4v) is 3.24. The molecule has 0 aliphatic heterocycles. The molecule has 2 N–H and O–H groups in total. The summed E-state index contributed by atoms with van der Waals surface area (Å²) in [6, 6.07) is 18.9. The van der Waals surface area contributed by atoms with Gasteiger partial charge in [-0.15, -0.1) is 11.3 Å². The molecule has 0 saturated carbocycles. The molecule has 0 bridgehead atoms. The van der Waals surface area contributed by atoms with Gasteiger partial charge < -0.3 is 10.4 Å². The Morgan fingerprint density at radius 1 is 1.12 bits per heavy atom. The largest absolute Gasteiger partial charge is 0.385 e. The first kappa shape index (κ1) is 16.4. The summed E-state index contributed by atoms with van der Waals surface area (Å²) in [5.41, 5.74) is 2.89. The van der Waals surface area contributed by atoms with Crippen molar-refractivity contribution in [3.63, 3.8) is 0 Å². The van der Waals surface area contributed by atoms with Gasteiger partial charge in [-0.3, -0.25) is 4.79 Å². The number of carbonyl (C=O) groups is 1. The van der Waals surface area contributed by atoms with Gasteiger partial charge in [-0.1, -0.05) is 60.7 Å². The number of rotatable bonds is 5. The summed E-state index contributed by atoms with van der Waals surface area (Å²) in [5, 5.41) is 14.2. The van der Waals surface area contributed by atoms with Crippen LogP contribution >= 0.6 is 11.3 Å². The van der Waals surface area contributed by atoms with Gasteiger partial charge in [0.2, 0.25) is 5.91 Å². The second-order valence-electron chi connectivity index (χ2n) is 5.76. The maximum atomic E-state index is 12.4. The summed E-state index contributed by atoms with van der Waals surface area (Å²) >= 11 is 1.37. The minimum Gasteiger partial charge on any atom is -0.385 e. The van der Waals surface area contributed by atoms with Gasteiger partial charge in [-0.05, 0) is 12.5 Å². The molecule has 1 heterocycles. The maximum absolute atomic E-state index is 12.4. The highest BCUT2D eigenvalue weighted by atomic mass is 32.1. The number of nitrogens with one attached hydrogen (secondary N) is 1. The van der Waals surface area contributed by atoms with Crippen molar-refractivity contribution in [1.82, 2.24) is 4.98 Å². The van der Waals surface area contributed by atoms with Gasteiger partial charge in [-0.25, -0.2) is 4.98 Å². The molecule has 1 atom stereocenters. The number of benzene rings is 2. The van der Waals surface area contributed by atoms with E-state index < -0.39 is 5.60 Å². The first-order valence-corrected chi connectivity index (χ1v) is 8.51. The highest BCUT2D eigenvalue weighted by Gasteiger charge is 2.27. The van der Waals surface area contributed by atoms with Crippen LogP contribution in [0.2, 0.25) is 0 Å². The van der Waals surface area contributed by atoms with Crippen LogP contribution in [0.15, 0.2) is 66.2 Å². The van der Waals surface area contributed by atoms with Crippen LogP contribution < -0.4 is 5.32 Å². The van der Waals surface area contributed by atoms with E-state index in [1.807, 2.05) is 60.7 Å². The third-order valence-corrected chi connectivity index (χ3v) is 4.51. The van der Waals surface area contributed by atoms with Gasteiger partial charge in [0, 0.05) is 5.56 Å². The smallest absolute Gasteiger partial charge is 0.228 e. The van der Waals surface area contributed by atoms with Crippen LogP contribution in [0, 0.1) is 0 Å². The molecule has 4 nitrogen and oxygen atoms in total. The molecule has 0 radical (unpaired) electrons. The molecule has 0 saturated heterocycles. The van der Waals surface area contributed by atoms with Crippen molar-refractivity contribution in [2.24, 2.45) is 0 Å². The van der Waals surface area contributed by atoms with Crippen molar-refractivity contribution in [1.29, 1.82) is 0 Å². The molecule has 24 heavy (non-hydrogen) atoms. The van der Waals surface area contributed by atoms with Crippen LogP contribution in [0.3, 0.4) is 0 Å². The number of anilines is 1. The number of aromatic nitrogens is 1. The lowest BCUT2D eigenvalue weighted by molar-refractivity contribution is -0.120. The molecular formula is C19H18N2O2S. The highest BCUT2D eigenvalue weighted by Crippen LogP contribution is 2.31. The van der Waals surface area contributed by atoms with Crippen LogP contribution in [0.5, 0.6) is 0 Å². The molecule has 1 unspecified atom stereocenters. The van der Waals surface area contributed by atoms with E-state index in [0.717, 1.165) is 11.3 Å². The van der Waals surface area contributed by atoms with Gasteiger partial charge in [-0.2, -0.15) is 0 Å². The third-order valence-electron chi connectivity index (χ3n) is 3.77. The number of hydrogen-bond donors (Lipinski definition) is 2. The van der Waals surface area contributed by atoms with Gasteiger partial charge in [0.25, 0.3) is 0 Å². The molecule has 1 aromatic heterocycles. The number of carbonyl (C=O) groups excluding carboxylic acids is 1. The Balaban J connectivity index is 1.74. The SMILES string of the molecule is CC(O)(CC(=O)Nc1scnc1-c1ccccc1)c1ccccc1. The number of nitrogens with zero attached hydrogens (tertiary/aromatic N) is 1. The number of amides is 1. The minimum absolute atomic E-state index is 0.0247. The molecule has 0 aliphatic carbocycles. The monoisotopic (exact) mass is 338 g/mol. The van der Waals surface area contributed by atoms with Gasteiger partial charge >= 0.3 is 0 Å². The fraction of sp³-hybridized carbons (Fsp3) is 0.158. The zero-order valence-corrected chi connectivity index (χ0v) is 14.1. The standard InChI is InChI=1S/C19H18N2O2S/c1-19(23,15-10-6-3-7-11-15)12-16(22)21-18-17(20-13-24-18)14-8-4-2-5-9-14/h2-11,13,23H,12H2,1H3,(H,21,22). The fourth-order valence-electron chi connectivity index (χ4n) is 2.52. The molecular weight excluding hydrogens is 320 g/mol. The second-order valence-corrected chi connectivity index (χ2v) is 6.62. The van der Waals surface area contributed by atoms with Crippen molar-refractivity contribution >= 4 is 22.2 Å². The number of aliphatic hydroxyl groups is 1. The van der Waals surface area contributed by atoms with E-state index in [2.05, 4.69) is 10.3 Å². The Morgan fingerprint density at radius 2 is 1.75 bits per heavy atom. The maximum Gasteiger partial charge on any atom is 0.228 e. The van der Waals surface area contributed by atoms with Crippen LogP contribution in [0.4, 0.5) is 5.00 Å². The van der Waals surface area contributed by atoms with Crippen LogP contribution in [0.25, 0.3) is 11.3 Å². The van der Waals surface area contributed by atoms with E-state index in [1.54, 1.807) is 12.4 Å². The summed E-state index contributed by atoms with van der Waals surface area (Å²) in [6.45, 7) is 1.65. The van der Waals surface area contributed by atoms with Gasteiger partial charge in [0.1, 0.15) is 10.7 Å². The lowest BCUT2D eigenvalue weighted by Gasteiger charge is -2.23. The predicted octanol–water partition coefficient (Wildman–Crippen LogP) is 4.05. The molecule has 122 valence electrons. The minimum atomic E-state index is -1.22.